The third-order valence-electron chi connectivity index (χ3n) is 3.23. The van der Waals surface area contributed by atoms with Gasteiger partial charge in [-0.15, -0.1) is 11.3 Å². The highest BCUT2D eigenvalue weighted by Crippen LogP contribution is 2.22. The summed E-state index contributed by atoms with van der Waals surface area (Å²) in [4.78, 5) is 18.0. The van der Waals surface area contributed by atoms with Gasteiger partial charge in [-0.2, -0.15) is 0 Å². The first-order valence-electron chi connectivity index (χ1n) is 6.25. The molecule has 1 aromatic rings. The summed E-state index contributed by atoms with van der Waals surface area (Å²) < 4.78 is 0. The lowest BCUT2D eigenvalue weighted by atomic mass is 10.00. The van der Waals surface area contributed by atoms with E-state index in [1.54, 1.807) is 12.3 Å². The second-order valence-corrected chi connectivity index (χ2v) is 5.71. The SMILES string of the molecule is CC1CCN(C(=O)Nc2nc(C(C)O)cs2)CC1. The number of aliphatic hydroxyl groups excluding tert-OH is 1. The predicted octanol–water partition coefficient (Wildman–Crippen LogP) is 2.46. The first-order chi connectivity index (χ1) is 8.56. The molecule has 1 aliphatic rings. The number of piperidine rings is 1. The van der Waals surface area contributed by atoms with E-state index in [4.69, 9.17) is 0 Å². The molecule has 2 amide bonds. The fourth-order valence-electron chi connectivity index (χ4n) is 1.92. The molecule has 0 aliphatic carbocycles. The van der Waals surface area contributed by atoms with E-state index in [-0.39, 0.29) is 6.03 Å². The minimum Gasteiger partial charge on any atom is -0.387 e. The van der Waals surface area contributed by atoms with Gasteiger partial charge in [0.2, 0.25) is 0 Å². The number of thiazole rings is 1. The average molecular weight is 269 g/mol. The number of urea groups is 1. The van der Waals surface area contributed by atoms with E-state index >= 15 is 0 Å². The maximum Gasteiger partial charge on any atom is 0.323 e. The van der Waals surface area contributed by atoms with Crippen molar-refractivity contribution in [3.63, 3.8) is 0 Å². The van der Waals surface area contributed by atoms with Crippen LogP contribution in [-0.4, -0.2) is 34.1 Å². The van der Waals surface area contributed by atoms with Gasteiger partial charge in [0.15, 0.2) is 5.13 Å². The number of amides is 2. The minimum absolute atomic E-state index is 0.0895. The molecule has 1 aromatic heterocycles. The number of aliphatic hydroxyl groups is 1. The number of carbonyl (C=O) groups excluding carboxylic acids is 1. The zero-order chi connectivity index (χ0) is 13.1. The Hall–Kier alpha value is -1.14. The van der Waals surface area contributed by atoms with Gasteiger partial charge in [-0.3, -0.25) is 5.32 Å². The van der Waals surface area contributed by atoms with Gasteiger partial charge in [-0.1, -0.05) is 6.92 Å². The van der Waals surface area contributed by atoms with Crippen molar-refractivity contribution in [2.24, 2.45) is 5.92 Å². The molecule has 1 fully saturated rings. The van der Waals surface area contributed by atoms with E-state index in [1.807, 2.05) is 4.90 Å². The largest absolute Gasteiger partial charge is 0.387 e. The maximum atomic E-state index is 12.0. The standard InChI is InChI=1S/C12H19N3O2S/c1-8-3-5-15(6-4-8)12(17)14-11-13-10(7-18-11)9(2)16/h7-9,16H,3-6H2,1-2H3,(H,13,14,17). The highest BCUT2D eigenvalue weighted by molar-refractivity contribution is 7.13. The summed E-state index contributed by atoms with van der Waals surface area (Å²) in [7, 11) is 0. The lowest BCUT2D eigenvalue weighted by molar-refractivity contribution is 0.186. The topological polar surface area (TPSA) is 65.5 Å². The molecule has 1 unspecified atom stereocenters. The molecular formula is C12H19N3O2S. The van der Waals surface area contributed by atoms with Crippen molar-refractivity contribution in [2.75, 3.05) is 18.4 Å². The molecule has 0 bridgehead atoms. The molecule has 0 saturated carbocycles. The van der Waals surface area contributed by atoms with Gasteiger partial charge < -0.3 is 10.0 Å². The fourth-order valence-corrected chi connectivity index (χ4v) is 2.70. The molecule has 1 aliphatic heterocycles. The van der Waals surface area contributed by atoms with E-state index < -0.39 is 6.10 Å². The lowest BCUT2D eigenvalue weighted by Gasteiger charge is -2.29. The second-order valence-electron chi connectivity index (χ2n) is 4.85. The van der Waals surface area contributed by atoms with Crippen LogP contribution in [0.25, 0.3) is 0 Å². The van der Waals surface area contributed by atoms with Crippen LogP contribution < -0.4 is 5.32 Å². The fraction of sp³-hybridized carbons (Fsp3) is 0.667. The highest BCUT2D eigenvalue weighted by Gasteiger charge is 2.21. The van der Waals surface area contributed by atoms with Crippen LogP contribution in [0, 0.1) is 5.92 Å². The molecule has 1 saturated heterocycles. The highest BCUT2D eigenvalue weighted by atomic mass is 32.1. The molecule has 0 aromatic carbocycles. The van der Waals surface area contributed by atoms with E-state index in [0.717, 1.165) is 25.9 Å². The molecule has 0 spiro atoms. The van der Waals surface area contributed by atoms with Crippen molar-refractivity contribution in [3.05, 3.63) is 11.1 Å². The Morgan fingerprint density at radius 1 is 1.61 bits per heavy atom. The van der Waals surface area contributed by atoms with Crippen LogP contribution in [-0.2, 0) is 0 Å². The van der Waals surface area contributed by atoms with Crippen LogP contribution in [0.5, 0.6) is 0 Å². The summed E-state index contributed by atoms with van der Waals surface area (Å²) >= 11 is 1.34. The average Bonchev–Trinajstić information content (AvgIpc) is 2.78. The number of nitrogens with one attached hydrogen (secondary N) is 1. The summed E-state index contributed by atoms with van der Waals surface area (Å²) in [5.74, 6) is 0.704. The Balaban J connectivity index is 1.90. The van der Waals surface area contributed by atoms with Gasteiger partial charge in [0.25, 0.3) is 0 Å². The van der Waals surface area contributed by atoms with Crippen molar-refractivity contribution < 1.29 is 9.90 Å². The molecule has 6 heteroatoms. The van der Waals surface area contributed by atoms with Crippen LogP contribution in [0.15, 0.2) is 5.38 Å². The zero-order valence-corrected chi connectivity index (χ0v) is 11.5. The van der Waals surface area contributed by atoms with Crippen molar-refractivity contribution in [3.8, 4) is 0 Å². The Kier molecular flexibility index (Phi) is 4.19. The van der Waals surface area contributed by atoms with Gasteiger partial charge in [-0.25, -0.2) is 9.78 Å². The van der Waals surface area contributed by atoms with Crippen LogP contribution in [0.1, 0.15) is 38.5 Å². The lowest BCUT2D eigenvalue weighted by Crippen LogP contribution is -2.40. The number of likely N-dealkylation sites (tertiary alicyclic amines) is 1. The number of nitrogens with zero attached hydrogens (tertiary/aromatic N) is 2. The Morgan fingerprint density at radius 2 is 2.28 bits per heavy atom. The summed E-state index contributed by atoms with van der Waals surface area (Å²) in [5, 5.41) is 14.5. The van der Waals surface area contributed by atoms with E-state index in [2.05, 4.69) is 17.2 Å². The van der Waals surface area contributed by atoms with Gasteiger partial charge in [0, 0.05) is 18.5 Å². The van der Waals surface area contributed by atoms with E-state index in [9.17, 15) is 9.90 Å². The zero-order valence-electron chi connectivity index (χ0n) is 10.7. The molecule has 18 heavy (non-hydrogen) atoms. The number of hydrogen-bond acceptors (Lipinski definition) is 4. The second kappa shape index (κ2) is 5.67. The van der Waals surface area contributed by atoms with Gasteiger partial charge in [0.1, 0.15) is 0 Å². The van der Waals surface area contributed by atoms with Crippen molar-refractivity contribution in [1.82, 2.24) is 9.88 Å². The number of aromatic nitrogens is 1. The van der Waals surface area contributed by atoms with E-state index in [0.29, 0.717) is 16.7 Å². The van der Waals surface area contributed by atoms with Crippen molar-refractivity contribution >= 4 is 22.5 Å². The summed E-state index contributed by atoms with van der Waals surface area (Å²) in [6.45, 7) is 5.49. The molecule has 2 rings (SSSR count). The molecule has 2 heterocycles. The number of hydrogen-bond donors (Lipinski definition) is 2. The Labute approximate surface area is 111 Å². The molecule has 5 nitrogen and oxygen atoms in total. The quantitative estimate of drug-likeness (QED) is 0.866. The van der Waals surface area contributed by atoms with Gasteiger partial charge in [0.05, 0.1) is 11.8 Å². The summed E-state index contributed by atoms with van der Waals surface area (Å²) in [6.07, 6.45) is 1.52. The van der Waals surface area contributed by atoms with Crippen molar-refractivity contribution in [1.29, 1.82) is 0 Å². The van der Waals surface area contributed by atoms with Crippen LogP contribution >= 0.6 is 11.3 Å². The molecule has 0 radical (unpaired) electrons. The Morgan fingerprint density at radius 3 is 2.83 bits per heavy atom. The van der Waals surface area contributed by atoms with Crippen LogP contribution in [0.4, 0.5) is 9.93 Å². The molecular weight excluding hydrogens is 250 g/mol. The van der Waals surface area contributed by atoms with E-state index in [1.165, 1.54) is 11.3 Å². The smallest absolute Gasteiger partial charge is 0.323 e. The summed E-state index contributed by atoms with van der Waals surface area (Å²) in [5.41, 5.74) is 0.600. The Bertz CT molecular complexity index is 411. The number of rotatable bonds is 2. The molecule has 100 valence electrons. The minimum atomic E-state index is -0.595. The number of anilines is 1. The first-order valence-corrected chi connectivity index (χ1v) is 7.13. The molecule has 2 N–H and O–H groups in total. The maximum absolute atomic E-state index is 12.0. The number of carbonyl (C=O) groups is 1. The summed E-state index contributed by atoms with van der Waals surface area (Å²) in [6, 6.07) is -0.0895. The molecule has 1 atom stereocenters. The first kappa shape index (κ1) is 13.3. The van der Waals surface area contributed by atoms with Crippen LogP contribution in [0.2, 0.25) is 0 Å². The van der Waals surface area contributed by atoms with Gasteiger partial charge in [-0.05, 0) is 25.7 Å². The van der Waals surface area contributed by atoms with Crippen LogP contribution in [0.3, 0.4) is 0 Å². The van der Waals surface area contributed by atoms with Crippen molar-refractivity contribution in [2.45, 2.75) is 32.8 Å². The third kappa shape index (κ3) is 3.20. The third-order valence-corrected chi connectivity index (χ3v) is 4.01. The predicted molar refractivity (Wildman–Crippen MR) is 71.7 cm³/mol. The van der Waals surface area contributed by atoms with Gasteiger partial charge >= 0.3 is 6.03 Å². The monoisotopic (exact) mass is 269 g/mol. The normalized spacial score (nSPS) is 18.7.